The Morgan fingerprint density at radius 1 is 1.29 bits per heavy atom. The zero-order valence-electron chi connectivity index (χ0n) is 11.3. The predicted octanol–water partition coefficient (Wildman–Crippen LogP) is 2.28. The maximum absolute atomic E-state index is 5.94. The smallest absolute Gasteiger partial charge is 0.295 e. The molecule has 108 valence electrons. The number of anilines is 1. The molecule has 0 amide bonds. The highest BCUT2D eigenvalue weighted by atomic mass is 16.5. The van der Waals surface area contributed by atoms with Crippen LogP contribution in [-0.2, 0) is 4.74 Å². The normalized spacial score (nSPS) is 21.9. The van der Waals surface area contributed by atoms with Crippen molar-refractivity contribution in [3.8, 4) is 0 Å². The van der Waals surface area contributed by atoms with Crippen molar-refractivity contribution < 1.29 is 9.15 Å². The number of hydrogen-bond acceptors (Lipinski definition) is 6. The van der Waals surface area contributed by atoms with E-state index < -0.39 is 0 Å². The van der Waals surface area contributed by atoms with Crippen LogP contribution < -0.4 is 5.32 Å². The SMILES string of the molecule is c1ccc2oc(NC[C@H]3CC[C@@H](c4ncn[nH]4)O3)nc2c1. The van der Waals surface area contributed by atoms with E-state index >= 15 is 0 Å². The van der Waals surface area contributed by atoms with E-state index in [0.29, 0.717) is 12.6 Å². The summed E-state index contributed by atoms with van der Waals surface area (Å²) < 4.78 is 11.6. The molecule has 0 spiro atoms. The van der Waals surface area contributed by atoms with Gasteiger partial charge in [-0.05, 0) is 25.0 Å². The zero-order valence-corrected chi connectivity index (χ0v) is 11.3. The van der Waals surface area contributed by atoms with E-state index in [-0.39, 0.29) is 12.2 Å². The van der Waals surface area contributed by atoms with Gasteiger partial charge in [0, 0.05) is 6.54 Å². The molecule has 7 heteroatoms. The summed E-state index contributed by atoms with van der Waals surface area (Å²) in [6.07, 6.45) is 3.54. The molecular weight excluding hydrogens is 270 g/mol. The van der Waals surface area contributed by atoms with Crippen LogP contribution >= 0.6 is 0 Å². The second kappa shape index (κ2) is 5.17. The molecule has 2 atom stereocenters. The highest BCUT2D eigenvalue weighted by molar-refractivity contribution is 5.74. The van der Waals surface area contributed by atoms with Crippen molar-refractivity contribution >= 4 is 17.1 Å². The molecule has 3 aromatic rings. The molecule has 1 saturated heterocycles. The second-order valence-corrected chi connectivity index (χ2v) is 5.06. The average Bonchev–Trinajstić information content (AvgIpc) is 3.23. The van der Waals surface area contributed by atoms with Gasteiger partial charge in [0.15, 0.2) is 11.4 Å². The molecule has 4 rings (SSSR count). The lowest BCUT2D eigenvalue weighted by atomic mass is 10.2. The van der Waals surface area contributed by atoms with E-state index in [2.05, 4.69) is 25.5 Å². The molecule has 0 unspecified atom stereocenters. The highest BCUT2D eigenvalue weighted by Gasteiger charge is 2.28. The van der Waals surface area contributed by atoms with Crippen LogP contribution in [0.3, 0.4) is 0 Å². The van der Waals surface area contributed by atoms with Gasteiger partial charge in [-0.25, -0.2) is 4.98 Å². The largest absolute Gasteiger partial charge is 0.424 e. The summed E-state index contributed by atoms with van der Waals surface area (Å²) >= 11 is 0. The summed E-state index contributed by atoms with van der Waals surface area (Å²) in [6, 6.07) is 8.23. The van der Waals surface area contributed by atoms with Crippen molar-refractivity contribution in [2.24, 2.45) is 0 Å². The number of nitrogens with zero attached hydrogens (tertiary/aromatic N) is 3. The van der Waals surface area contributed by atoms with E-state index in [1.165, 1.54) is 6.33 Å². The standard InChI is InChI=1S/C14H15N5O2/c1-2-4-11-10(3-1)18-14(21-11)15-7-9-5-6-12(20-9)13-16-8-17-19-13/h1-4,8-9,12H,5-7H2,(H,15,18)(H,16,17,19)/t9-,12+/m1/s1. The molecule has 1 aliphatic heterocycles. The molecule has 21 heavy (non-hydrogen) atoms. The first kappa shape index (κ1) is 12.3. The maximum atomic E-state index is 5.94. The predicted molar refractivity (Wildman–Crippen MR) is 75.7 cm³/mol. The minimum Gasteiger partial charge on any atom is -0.424 e. The minimum atomic E-state index is 0.00272. The van der Waals surface area contributed by atoms with Gasteiger partial charge < -0.3 is 14.5 Å². The fraction of sp³-hybridized carbons (Fsp3) is 0.357. The number of rotatable bonds is 4. The van der Waals surface area contributed by atoms with Gasteiger partial charge in [-0.15, -0.1) is 0 Å². The second-order valence-electron chi connectivity index (χ2n) is 5.06. The summed E-state index contributed by atoms with van der Waals surface area (Å²) in [7, 11) is 0. The molecule has 0 radical (unpaired) electrons. The number of aromatic nitrogens is 4. The van der Waals surface area contributed by atoms with E-state index in [9.17, 15) is 0 Å². The Morgan fingerprint density at radius 2 is 2.24 bits per heavy atom. The van der Waals surface area contributed by atoms with Crippen molar-refractivity contribution in [1.82, 2.24) is 20.2 Å². The Morgan fingerprint density at radius 3 is 3.10 bits per heavy atom. The molecule has 0 saturated carbocycles. The van der Waals surface area contributed by atoms with Crippen molar-refractivity contribution in [1.29, 1.82) is 0 Å². The topological polar surface area (TPSA) is 88.9 Å². The van der Waals surface area contributed by atoms with Crippen LogP contribution in [0.1, 0.15) is 24.8 Å². The van der Waals surface area contributed by atoms with Crippen LogP contribution in [0.25, 0.3) is 11.1 Å². The number of hydrogen-bond donors (Lipinski definition) is 2. The van der Waals surface area contributed by atoms with Crippen molar-refractivity contribution in [3.05, 3.63) is 36.4 Å². The van der Waals surface area contributed by atoms with E-state index in [4.69, 9.17) is 9.15 Å². The van der Waals surface area contributed by atoms with Crippen LogP contribution in [0.15, 0.2) is 35.0 Å². The molecule has 7 nitrogen and oxygen atoms in total. The third-order valence-corrected chi connectivity index (χ3v) is 3.62. The number of aromatic amines is 1. The van der Waals surface area contributed by atoms with Crippen molar-refractivity contribution in [2.75, 3.05) is 11.9 Å². The Bertz CT molecular complexity index is 691. The number of benzene rings is 1. The third-order valence-electron chi connectivity index (χ3n) is 3.62. The van der Waals surface area contributed by atoms with Gasteiger partial charge in [0.2, 0.25) is 0 Å². The summed E-state index contributed by atoms with van der Waals surface area (Å²) in [4.78, 5) is 8.52. The number of fused-ring (bicyclic) bond motifs is 1. The molecule has 1 fully saturated rings. The molecule has 0 aliphatic carbocycles. The fourth-order valence-corrected chi connectivity index (χ4v) is 2.58. The van der Waals surface area contributed by atoms with Gasteiger partial charge in [-0.1, -0.05) is 12.1 Å². The van der Waals surface area contributed by atoms with Gasteiger partial charge in [0.1, 0.15) is 17.9 Å². The number of nitrogens with one attached hydrogen (secondary N) is 2. The number of oxazole rings is 1. The molecule has 2 aromatic heterocycles. The molecule has 0 bridgehead atoms. The molecule has 1 aliphatic rings. The first-order valence-corrected chi connectivity index (χ1v) is 6.98. The van der Waals surface area contributed by atoms with Crippen molar-refractivity contribution in [3.63, 3.8) is 0 Å². The molecule has 3 heterocycles. The molecule has 1 aromatic carbocycles. The number of ether oxygens (including phenoxy) is 1. The van der Waals surface area contributed by atoms with Gasteiger partial charge >= 0.3 is 0 Å². The molecule has 2 N–H and O–H groups in total. The van der Waals surface area contributed by atoms with Gasteiger partial charge in [0.25, 0.3) is 6.01 Å². The van der Waals surface area contributed by atoms with E-state index in [0.717, 1.165) is 29.8 Å². The third kappa shape index (κ3) is 2.47. The van der Waals surface area contributed by atoms with Crippen LogP contribution in [-0.4, -0.2) is 32.8 Å². The van der Waals surface area contributed by atoms with Crippen molar-refractivity contribution in [2.45, 2.75) is 25.0 Å². The summed E-state index contributed by atoms with van der Waals surface area (Å²) in [5, 5.41) is 9.90. The number of para-hydroxylation sites is 2. The van der Waals surface area contributed by atoms with Gasteiger partial charge in [-0.2, -0.15) is 10.1 Å². The Kier molecular flexibility index (Phi) is 3.04. The van der Waals surface area contributed by atoms with Crippen LogP contribution in [0.5, 0.6) is 0 Å². The average molecular weight is 285 g/mol. The molecular formula is C14H15N5O2. The lowest BCUT2D eigenvalue weighted by Gasteiger charge is -2.11. The van der Waals surface area contributed by atoms with E-state index in [1.54, 1.807) is 0 Å². The van der Waals surface area contributed by atoms with Gasteiger partial charge in [0.05, 0.1) is 6.10 Å². The van der Waals surface area contributed by atoms with Crippen LogP contribution in [0.2, 0.25) is 0 Å². The minimum absolute atomic E-state index is 0.00272. The summed E-state index contributed by atoms with van der Waals surface area (Å²) in [6.45, 7) is 0.664. The Balaban J connectivity index is 1.37. The van der Waals surface area contributed by atoms with Crippen LogP contribution in [0, 0.1) is 0 Å². The zero-order chi connectivity index (χ0) is 14.1. The number of H-pyrrole nitrogens is 1. The first-order valence-electron chi connectivity index (χ1n) is 6.98. The Labute approximate surface area is 120 Å². The van der Waals surface area contributed by atoms with Gasteiger partial charge in [-0.3, -0.25) is 5.10 Å². The van der Waals surface area contributed by atoms with Crippen LogP contribution in [0.4, 0.5) is 6.01 Å². The van der Waals surface area contributed by atoms with E-state index in [1.807, 2.05) is 24.3 Å². The first-order chi connectivity index (χ1) is 10.4. The summed E-state index contributed by atoms with van der Waals surface area (Å²) in [5.41, 5.74) is 1.64. The highest BCUT2D eigenvalue weighted by Crippen LogP contribution is 2.30. The fourth-order valence-electron chi connectivity index (χ4n) is 2.58. The lowest BCUT2D eigenvalue weighted by molar-refractivity contribution is 0.0470. The quantitative estimate of drug-likeness (QED) is 0.764. The summed E-state index contributed by atoms with van der Waals surface area (Å²) in [5.74, 6) is 0.791. The lowest BCUT2D eigenvalue weighted by Crippen LogP contribution is -2.19. The maximum Gasteiger partial charge on any atom is 0.295 e. The monoisotopic (exact) mass is 285 g/mol. The Hall–Kier alpha value is -2.41.